The van der Waals surface area contributed by atoms with Crippen molar-refractivity contribution < 1.29 is 9.90 Å². The van der Waals surface area contributed by atoms with E-state index in [1.165, 1.54) is 0 Å². The normalized spacial score (nSPS) is 19.7. The smallest absolute Gasteiger partial charge is 0.232 e. The Morgan fingerprint density at radius 2 is 2.05 bits per heavy atom. The molecule has 0 saturated carbocycles. The van der Waals surface area contributed by atoms with Crippen LogP contribution in [0.15, 0.2) is 24.3 Å². The zero-order valence-electron chi connectivity index (χ0n) is 11.6. The first kappa shape index (κ1) is 13.9. The highest BCUT2D eigenvalue weighted by molar-refractivity contribution is 5.88. The van der Waals surface area contributed by atoms with E-state index in [0.717, 1.165) is 24.9 Å². The van der Waals surface area contributed by atoms with E-state index in [0.29, 0.717) is 5.69 Å². The van der Waals surface area contributed by atoms with Crippen LogP contribution in [0.25, 0.3) is 0 Å². The molecule has 4 nitrogen and oxygen atoms in total. The second kappa shape index (κ2) is 5.21. The summed E-state index contributed by atoms with van der Waals surface area (Å²) in [5.74, 6) is 0.0776. The van der Waals surface area contributed by atoms with Gasteiger partial charge in [-0.15, -0.1) is 0 Å². The lowest BCUT2D eigenvalue weighted by atomic mass is 9.83. The summed E-state index contributed by atoms with van der Waals surface area (Å²) in [6.07, 6.45) is 1.86. The van der Waals surface area contributed by atoms with Gasteiger partial charge in [-0.25, -0.2) is 0 Å². The summed E-state index contributed by atoms with van der Waals surface area (Å²) in [6.45, 7) is 4.63. The Kier molecular flexibility index (Phi) is 3.80. The Morgan fingerprint density at radius 3 is 2.63 bits per heavy atom. The van der Waals surface area contributed by atoms with E-state index in [9.17, 15) is 9.90 Å². The van der Waals surface area contributed by atoms with Crippen molar-refractivity contribution in [3.63, 3.8) is 0 Å². The molecule has 19 heavy (non-hydrogen) atoms. The maximum atomic E-state index is 12.7. The molecule has 1 aromatic rings. The van der Waals surface area contributed by atoms with Gasteiger partial charge in [0.1, 0.15) is 0 Å². The molecule has 2 rings (SSSR count). The number of carbonyl (C=O) groups excluding carboxylic acids is 1. The molecule has 1 aliphatic rings. The molecule has 0 bridgehead atoms. The van der Waals surface area contributed by atoms with Gasteiger partial charge in [0.25, 0.3) is 0 Å². The fraction of sp³-hybridized carbons (Fsp3) is 0.533. The largest absolute Gasteiger partial charge is 0.399 e. The first-order chi connectivity index (χ1) is 8.96. The molecule has 1 fully saturated rings. The molecule has 1 heterocycles. The first-order valence-electron chi connectivity index (χ1n) is 6.74. The second-order valence-corrected chi connectivity index (χ2v) is 5.72. The number of likely N-dealkylation sites (tertiary alicyclic amines) is 1. The molecule has 0 aromatic heterocycles. The zero-order valence-corrected chi connectivity index (χ0v) is 11.6. The number of aliphatic hydroxyl groups excluding tert-OH is 1. The molecule has 0 spiro atoms. The number of hydrogen-bond donors (Lipinski definition) is 2. The van der Waals surface area contributed by atoms with Crippen LogP contribution in [0.4, 0.5) is 5.69 Å². The van der Waals surface area contributed by atoms with Gasteiger partial charge in [-0.1, -0.05) is 12.1 Å². The number of nitrogens with zero attached hydrogens (tertiary/aromatic N) is 1. The van der Waals surface area contributed by atoms with Gasteiger partial charge < -0.3 is 15.7 Å². The van der Waals surface area contributed by atoms with Gasteiger partial charge >= 0.3 is 0 Å². The fourth-order valence-electron chi connectivity index (χ4n) is 2.68. The van der Waals surface area contributed by atoms with Gasteiger partial charge in [0.05, 0.1) is 18.1 Å². The van der Waals surface area contributed by atoms with E-state index in [1.54, 1.807) is 0 Å². The van der Waals surface area contributed by atoms with Gasteiger partial charge in [0.2, 0.25) is 5.91 Å². The summed E-state index contributed by atoms with van der Waals surface area (Å²) in [5.41, 5.74) is 6.74. The molecule has 0 aliphatic carbocycles. The highest BCUT2D eigenvalue weighted by Gasteiger charge is 2.38. The van der Waals surface area contributed by atoms with Gasteiger partial charge in [0, 0.05) is 12.2 Å². The predicted molar refractivity (Wildman–Crippen MR) is 75.7 cm³/mol. The Balaban J connectivity index is 2.23. The van der Waals surface area contributed by atoms with Crippen molar-refractivity contribution in [2.24, 2.45) is 0 Å². The molecular weight excluding hydrogens is 240 g/mol. The van der Waals surface area contributed by atoms with Crippen LogP contribution in [0.2, 0.25) is 0 Å². The van der Waals surface area contributed by atoms with Crippen molar-refractivity contribution in [1.82, 2.24) is 4.90 Å². The summed E-state index contributed by atoms with van der Waals surface area (Å²) in [5, 5.41) is 9.35. The zero-order chi connectivity index (χ0) is 14.0. The quantitative estimate of drug-likeness (QED) is 0.812. The van der Waals surface area contributed by atoms with Crippen LogP contribution in [0, 0.1) is 0 Å². The molecule has 3 N–H and O–H groups in total. The Bertz CT molecular complexity index is 454. The van der Waals surface area contributed by atoms with Crippen molar-refractivity contribution in [2.45, 2.75) is 38.1 Å². The summed E-state index contributed by atoms with van der Waals surface area (Å²) in [7, 11) is 0. The van der Waals surface area contributed by atoms with Crippen molar-refractivity contribution in [3.05, 3.63) is 29.8 Å². The first-order valence-corrected chi connectivity index (χ1v) is 6.74. The lowest BCUT2D eigenvalue weighted by Gasteiger charge is -2.33. The molecule has 1 saturated heterocycles. The summed E-state index contributed by atoms with van der Waals surface area (Å²) < 4.78 is 0. The molecule has 0 radical (unpaired) electrons. The highest BCUT2D eigenvalue weighted by atomic mass is 16.3. The van der Waals surface area contributed by atoms with Gasteiger partial charge in [0.15, 0.2) is 0 Å². The minimum Gasteiger partial charge on any atom is -0.399 e. The number of nitrogens with two attached hydrogens (primary N) is 1. The van der Waals surface area contributed by atoms with Crippen LogP contribution < -0.4 is 5.73 Å². The van der Waals surface area contributed by atoms with Crippen LogP contribution in [0.5, 0.6) is 0 Å². The number of benzene rings is 1. The van der Waals surface area contributed by atoms with Gasteiger partial charge in [-0.2, -0.15) is 0 Å². The number of hydrogen-bond acceptors (Lipinski definition) is 3. The third kappa shape index (κ3) is 2.59. The third-order valence-corrected chi connectivity index (χ3v) is 4.02. The van der Waals surface area contributed by atoms with E-state index >= 15 is 0 Å². The summed E-state index contributed by atoms with van der Waals surface area (Å²) in [4.78, 5) is 14.5. The number of carbonyl (C=O) groups is 1. The number of nitrogen functional groups attached to an aromatic ring is 1. The number of anilines is 1. The Labute approximate surface area is 114 Å². The number of aliphatic hydroxyl groups is 1. The lowest BCUT2D eigenvalue weighted by molar-refractivity contribution is -0.137. The lowest BCUT2D eigenvalue weighted by Crippen LogP contribution is -2.46. The maximum Gasteiger partial charge on any atom is 0.232 e. The van der Waals surface area contributed by atoms with Gasteiger partial charge in [-0.3, -0.25) is 4.79 Å². The van der Waals surface area contributed by atoms with Crippen LogP contribution in [0.1, 0.15) is 32.3 Å². The summed E-state index contributed by atoms with van der Waals surface area (Å²) in [6, 6.07) is 7.41. The number of amides is 1. The average molecular weight is 262 g/mol. The standard InChI is InChI=1S/C15H22N2O2/c1-15(2,11-5-7-12(16)8-6-11)14(19)17-9-3-4-13(17)10-18/h5-8,13,18H,3-4,9-10,16H2,1-2H3. The molecule has 1 aromatic carbocycles. The highest BCUT2D eigenvalue weighted by Crippen LogP contribution is 2.30. The minimum atomic E-state index is -0.592. The maximum absolute atomic E-state index is 12.7. The third-order valence-electron chi connectivity index (χ3n) is 4.02. The van der Waals surface area contributed by atoms with E-state index in [1.807, 2.05) is 43.0 Å². The minimum absolute atomic E-state index is 0.0273. The fourth-order valence-corrected chi connectivity index (χ4v) is 2.68. The monoisotopic (exact) mass is 262 g/mol. The van der Waals surface area contributed by atoms with Crippen molar-refractivity contribution in [2.75, 3.05) is 18.9 Å². The van der Waals surface area contributed by atoms with Crippen molar-refractivity contribution in [3.8, 4) is 0 Å². The van der Waals surface area contributed by atoms with Crippen molar-refractivity contribution in [1.29, 1.82) is 0 Å². The second-order valence-electron chi connectivity index (χ2n) is 5.72. The molecule has 1 aliphatic heterocycles. The SMILES string of the molecule is CC(C)(C(=O)N1CCCC1CO)c1ccc(N)cc1. The molecule has 1 unspecified atom stereocenters. The van der Waals surface area contributed by atoms with E-state index in [2.05, 4.69) is 0 Å². The molecule has 1 atom stereocenters. The van der Waals surface area contributed by atoms with E-state index in [4.69, 9.17) is 5.73 Å². The van der Waals surface area contributed by atoms with E-state index < -0.39 is 5.41 Å². The van der Waals surface area contributed by atoms with Crippen LogP contribution >= 0.6 is 0 Å². The van der Waals surface area contributed by atoms with Crippen LogP contribution in [0.3, 0.4) is 0 Å². The average Bonchev–Trinajstić information content (AvgIpc) is 2.86. The van der Waals surface area contributed by atoms with Gasteiger partial charge in [-0.05, 0) is 44.4 Å². The predicted octanol–water partition coefficient (Wildman–Crippen LogP) is 1.53. The molecule has 4 heteroatoms. The van der Waals surface area contributed by atoms with Crippen LogP contribution in [-0.2, 0) is 10.2 Å². The number of rotatable bonds is 3. The molecule has 104 valence electrons. The Hall–Kier alpha value is -1.55. The van der Waals surface area contributed by atoms with E-state index in [-0.39, 0.29) is 18.6 Å². The molecule has 1 amide bonds. The molecular formula is C15H22N2O2. The van der Waals surface area contributed by atoms with Crippen molar-refractivity contribution >= 4 is 11.6 Å². The Morgan fingerprint density at radius 1 is 1.42 bits per heavy atom. The summed E-state index contributed by atoms with van der Waals surface area (Å²) >= 11 is 0. The van der Waals surface area contributed by atoms with Crippen LogP contribution in [-0.4, -0.2) is 35.1 Å². The topological polar surface area (TPSA) is 66.6 Å².